The molecule has 1 unspecified atom stereocenters. The number of hydrogen-bond acceptors (Lipinski definition) is 3. The number of carbonyl (C=O) groups is 1. The van der Waals surface area contributed by atoms with Crippen LogP contribution in [0.2, 0.25) is 5.02 Å². The number of alkyl halides is 3. The first-order valence-electron chi connectivity index (χ1n) is 8.72. The van der Waals surface area contributed by atoms with E-state index in [0.29, 0.717) is 17.3 Å². The summed E-state index contributed by atoms with van der Waals surface area (Å²) in [6, 6.07) is 10.8. The zero-order valence-corrected chi connectivity index (χ0v) is 16.5. The fourth-order valence-electron chi connectivity index (χ4n) is 3.18. The van der Waals surface area contributed by atoms with E-state index >= 15 is 0 Å². The van der Waals surface area contributed by atoms with Crippen LogP contribution in [0, 0.1) is 5.41 Å². The number of hydrogen-bond donors (Lipinski definition) is 1. The van der Waals surface area contributed by atoms with Crippen LogP contribution in [-0.2, 0) is 10.9 Å². The summed E-state index contributed by atoms with van der Waals surface area (Å²) in [5.41, 5.74) is 0.372. The van der Waals surface area contributed by atoms with E-state index < -0.39 is 23.2 Å². The average Bonchev–Trinajstić information content (AvgIpc) is 3.00. The molecule has 0 radical (unpaired) electrons. The van der Waals surface area contributed by atoms with Crippen molar-refractivity contribution < 1.29 is 22.7 Å². The van der Waals surface area contributed by atoms with Crippen LogP contribution in [0.4, 0.5) is 23.7 Å². The number of nitrogens with zero attached hydrogens (tertiary/aromatic N) is 2. The van der Waals surface area contributed by atoms with Crippen LogP contribution in [-0.4, -0.2) is 37.0 Å². The van der Waals surface area contributed by atoms with Gasteiger partial charge in [0.15, 0.2) is 0 Å². The number of urea groups is 1. The van der Waals surface area contributed by atoms with Gasteiger partial charge in [0.2, 0.25) is 0 Å². The fraction of sp³-hybridized carbons (Fsp3) is 0.300. The number of hydrazone groups is 1. The van der Waals surface area contributed by atoms with Crippen molar-refractivity contribution in [3.05, 3.63) is 64.7 Å². The van der Waals surface area contributed by atoms with Crippen LogP contribution >= 0.6 is 11.6 Å². The normalized spacial score (nSPS) is 19.2. The zero-order chi connectivity index (χ0) is 21.2. The van der Waals surface area contributed by atoms with Gasteiger partial charge in [-0.3, -0.25) is 0 Å². The van der Waals surface area contributed by atoms with Crippen molar-refractivity contribution in [3.63, 3.8) is 0 Å². The molecule has 1 heterocycles. The lowest BCUT2D eigenvalue weighted by Crippen LogP contribution is -2.38. The summed E-state index contributed by atoms with van der Waals surface area (Å²) in [5.74, 6) is 0. The monoisotopic (exact) mass is 425 g/mol. The second kappa shape index (κ2) is 8.04. The van der Waals surface area contributed by atoms with Gasteiger partial charge in [0.1, 0.15) is 0 Å². The molecule has 2 amide bonds. The van der Waals surface area contributed by atoms with Crippen molar-refractivity contribution in [3.8, 4) is 0 Å². The molecular weight excluding hydrogens is 407 g/mol. The molecule has 1 aliphatic rings. The van der Waals surface area contributed by atoms with Crippen LogP contribution in [0.15, 0.2) is 53.6 Å². The number of amides is 2. The van der Waals surface area contributed by atoms with Crippen molar-refractivity contribution in [2.75, 3.05) is 25.6 Å². The molecule has 0 aromatic heterocycles. The number of ether oxygens (including phenoxy) is 1. The number of anilines is 1. The second-order valence-corrected chi connectivity index (χ2v) is 7.45. The lowest BCUT2D eigenvalue weighted by Gasteiger charge is -2.25. The molecule has 1 atom stereocenters. The summed E-state index contributed by atoms with van der Waals surface area (Å²) in [5, 5.41) is 8.85. The molecule has 0 aliphatic carbocycles. The highest BCUT2D eigenvalue weighted by Gasteiger charge is 2.41. The molecule has 3 rings (SSSR count). The summed E-state index contributed by atoms with van der Waals surface area (Å²) in [7, 11) is 1.57. The maximum absolute atomic E-state index is 12.7. The van der Waals surface area contributed by atoms with Crippen LogP contribution < -0.4 is 5.32 Å². The molecule has 154 valence electrons. The molecule has 2 aromatic carbocycles. The van der Waals surface area contributed by atoms with Crippen molar-refractivity contribution >= 4 is 29.0 Å². The standard InChI is InChI=1S/C20H19ClF3N3O2/c1-19(12-29-2)11-27(26-17(19)13-3-7-15(21)8-4-13)18(28)25-16-9-5-14(6-10-16)20(22,23)24/h3-10H,11-12H2,1-2H3,(H,25,28). The highest BCUT2D eigenvalue weighted by Crippen LogP contribution is 2.33. The maximum atomic E-state index is 12.7. The largest absolute Gasteiger partial charge is 0.416 e. The number of nitrogens with one attached hydrogen (secondary N) is 1. The third-order valence-corrected chi connectivity index (χ3v) is 4.82. The summed E-state index contributed by atoms with van der Waals surface area (Å²) in [4.78, 5) is 12.6. The molecule has 1 aliphatic heterocycles. The molecule has 0 saturated carbocycles. The van der Waals surface area contributed by atoms with E-state index in [1.807, 2.05) is 19.1 Å². The Morgan fingerprint density at radius 3 is 2.38 bits per heavy atom. The molecule has 1 N–H and O–H groups in total. The summed E-state index contributed by atoms with van der Waals surface area (Å²) >= 11 is 5.95. The van der Waals surface area contributed by atoms with Gasteiger partial charge in [-0.25, -0.2) is 9.80 Å². The molecule has 2 aromatic rings. The lowest BCUT2D eigenvalue weighted by atomic mass is 9.83. The maximum Gasteiger partial charge on any atom is 0.416 e. The van der Waals surface area contributed by atoms with Crippen LogP contribution in [0.3, 0.4) is 0 Å². The van der Waals surface area contributed by atoms with Gasteiger partial charge in [-0.1, -0.05) is 23.7 Å². The Bertz CT molecular complexity index is 914. The first kappa shape index (κ1) is 21.1. The van der Waals surface area contributed by atoms with Gasteiger partial charge in [-0.15, -0.1) is 0 Å². The van der Waals surface area contributed by atoms with Gasteiger partial charge >= 0.3 is 12.2 Å². The third-order valence-electron chi connectivity index (χ3n) is 4.57. The highest BCUT2D eigenvalue weighted by atomic mass is 35.5. The molecule has 9 heteroatoms. The van der Waals surface area contributed by atoms with Gasteiger partial charge in [0.25, 0.3) is 0 Å². The second-order valence-electron chi connectivity index (χ2n) is 7.01. The average molecular weight is 426 g/mol. The Balaban J connectivity index is 1.80. The Hall–Kier alpha value is -2.58. The van der Waals surface area contributed by atoms with Crippen molar-refractivity contribution in [2.24, 2.45) is 10.5 Å². The Morgan fingerprint density at radius 1 is 1.21 bits per heavy atom. The van der Waals surface area contributed by atoms with Gasteiger partial charge in [0, 0.05) is 17.8 Å². The smallest absolute Gasteiger partial charge is 0.384 e. The molecule has 0 fully saturated rings. The molecule has 0 bridgehead atoms. The number of benzene rings is 2. The first-order valence-corrected chi connectivity index (χ1v) is 9.10. The highest BCUT2D eigenvalue weighted by molar-refractivity contribution is 6.30. The molecule has 29 heavy (non-hydrogen) atoms. The Labute approximate surface area is 171 Å². The predicted octanol–water partition coefficient (Wildman–Crippen LogP) is 5.26. The van der Waals surface area contributed by atoms with Gasteiger partial charge < -0.3 is 10.1 Å². The minimum atomic E-state index is -4.43. The van der Waals surface area contributed by atoms with Crippen LogP contribution in [0.25, 0.3) is 0 Å². The fourth-order valence-corrected chi connectivity index (χ4v) is 3.30. The summed E-state index contributed by atoms with van der Waals surface area (Å²) < 4.78 is 43.4. The number of methoxy groups -OCH3 is 1. The number of rotatable bonds is 4. The van der Waals surface area contributed by atoms with E-state index in [0.717, 1.165) is 17.7 Å². The minimum absolute atomic E-state index is 0.242. The lowest BCUT2D eigenvalue weighted by molar-refractivity contribution is -0.137. The van der Waals surface area contributed by atoms with Gasteiger partial charge in [-0.05, 0) is 48.9 Å². The van der Waals surface area contributed by atoms with E-state index in [1.54, 1.807) is 19.2 Å². The van der Waals surface area contributed by atoms with E-state index in [2.05, 4.69) is 10.4 Å². The topological polar surface area (TPSA) is 53.9 Å². The number of halogens is 4. The quantitative estimate of drug-likeness (QED) is 0.726. The van der Waals surface area contributed by atoms with Gasteiger partial charge in [0.05, 0.1) is 29.8 Å². The Kier molecular flexibility index (Phi) is 5.86. The van der Waals surface area contributed by atoms with E-state index in [1.165, 1.54) is 17.1 Å². The molecule has 5 nitrogen and oxygen atoms in total. The van der Waals surface area contributed by atoms with E-state index in [4.69, 9.17) is 16.3 Å². The van der Waals surface area contributed by atoms with Crippen LogP contribution in [0.5, 0.6) is 0 Å². The van der Waals surface area contributed by atoms with E-state index in [9.17, 15) is 18.0 Å². The molecular formula is C20H19ClF3N3O2. The van der Waals surface area contributed by atoms with Crippen molar-refractivity contribution in [1.29, 1.82) is 0 Å². The zero-order valence-electron chi connectivity index (χ0n) is 15.8. The Morgan fingerprint density at radius 2 is 1.83 bits per heavy atom. The van der Waals surface area contributed by atoms with Gasteiger partial charge in [-0.2, -0.15) is 18.3 Å². The molecule has 0 saturated heterocycles. The SMILES string of the molecule is COCC1(C)CN(C(=O)Nc2ccc(C(F)(F)F)cc2)N=C1c1ccc(Cl)cc1. The first-order chi connectivity index (χ1) is 13.6. The van der Waals surface area contributed by atoms with Crippen LogP contribution in [0.1, 0.15) is 18.1 Å². The predicted molar refractivity (Wildman–Crippen MR) is 105 cm³/mol. The number of carbonyl (C=O) groups excluding carboxylic acids is 1. The van der Waals surface area contributed by atoms with Crippen molar-refractivity contribution in [1.82, 2.24) is 5.01 Å². The third kappa shape index (κ3) is 4.71. The summed E-state index contributed by atoms with van der Waals surface area (Å²) in [6.07, 6.45) is -4.43. The minimum Gasteiger partial charge on any atom is -0.384 e. The molecule has 0 spiro atoms. The van der Waals surface area contributed by atoms with Crippen molar-refractivity contribution in [2.45, 2.75) is 13.1 Å². The summed E-state index contributed by atoms with van der Waals surface area (Å²) in [6.45, 7) is 2.51. The van der Waals surface area contributed by atoms with E-state index in [-0.39, 0.29) is 12.2 Å².